The molecular formula is C12H9ClFNO. The first-order chi connectivity index (χ1) is 7.68. The summed E-state index contributed by atoms with van der Waals surface area (Å²) in [6, 6.07) is 3.31. The molecule has 0 radical (unpaired) electrons. The van der Waals surface area contributed by atoms with Crippen molar-refractivity contribution in [3.8, 4) is 0 Å². The highest BCUT2D eigenvalue weighted by molar-refractivity contribution is 6.31. The van der Waals surface area contributed by atoms with Gasteiger partial charge in [0.05, 0.1) is 16.2 Å². The van der Waals surface area contributed by atoms with Crippen LogP contribution < -0.4 is 0 Å². The lowest BCUT2D eigenvalue weighted by molar-refractivity contribution is 0.0968. The molecule has 2 nitrogen and oxygen atoms in total. The number of halogens is 2. The normalized spacial score (nSPS) is 15.5. The fourth-order valence-corrected chi connectivity index (χ4v) is 2.47. The molecule has 0 bridgehead atoms. The molecule has 82 valence electrons. The van der Waals surface area contributed by atoms with Gasteiger partial charge >= 0.3 is 0 Å². The minimum Gasteiger partial charge on any atom is -0.349 e. The molecule has 0 fully saturated rings. The van der Waals surface area contributed by atoms with E-state index in [4.69, 9.17) is 11.6 Å². The Labute approximate surface area is 96.4 Å². The topological polar surface area (TPSA) is 32.9 Å². The van der Waals surface area contributed by atoms with Gasteiger partial charge in [-0.2, -0.15) is 0 Å². The van der Waals surface area contributed by atoms with Crippen LogP contribution in [0.3, 0.4) is 0 Å². The van der Waals surface area contributed by atoms with Gasteiger partial charge in [0, 0.05) is 11.8 Å². The van der Waals surface area contributed by atoms with Gasteiger partial charge in [-0.1, -0.05) is 17.7 Å². The average Bonchev–Trinajstić information content (AvgIpc) is 2.65. The summed E-state index contributed by atoms with van der Waals surface area (Å²) in [6.45, 7) is 0. The van der Waals surface area contributed by atoms with Crippen LogP contribution in [-0.2, 0) is 6.42 Å². The van der Waals surface area contributed by atoms with E-state index in [1.165, 1.54) is 6.07 Å². The van der Waals surface area contributed by atoms with Crippen molar-refractivity contribution in [2.45, 2.75) is 19.3 Å². The van der Waals surface area contributed by atoms with Crippen molar-refractivity contribution < 1.29 is 9.18 Å². The summed E-state index contributed by atoms with van der Waals surface area (Å²) in [5.41, 5.74) is 1.84. The minimum atomic E-state index is -0.471. The van der Waals surface area contributed by atoms with Crippen LogP contribution in [0.4, 0.5) is 4.39 Å². The van der Waals surface area contributed by atoms with Crippen LogP contribution in [-0.4, -0.2) is 10.8 Å². The zero-order chi connectivity index (χ0) is 11.3. The first kappa shape index (κ1) is 9.85. The summed E-state index contributed by atoms with van der Waals surface area (Å²) < 4.78 is 13.7. The number of Topliss-reactive ketones (excluding diaryl/α,β-unsaturated/α-hetero) is 1. The summed E-state index contributed by atoms with van der Waals surface area (Å²) >= 11 is 5.71. The number of H-pyrrole nitrogens is 1. The molecule has 4 heteroatoms. The number of carbonyl (C=O) groups excluding carboxylic acids is 1. The largest absolute Gasteiger partial charge is 0.349 e. The van der Waals surface area contributed by atoms with E-state index in [0.29, 0.717) is 17.6 Å². The van der Waals surface area contributed by atoms with Crippen molar-refractivity contribution >= 4 is 28.3 Å². The Morgan fingerprint density at radius 3 is 2.94 bits per heavy atom. The Morgan fingerprint density at radius 2 is 2.12 bits per heavy atom. The van der Waals surface area contributed by atoms with E-state index in [2.05, 4.69) is 4.98 Å². The maximum atomic E-state index is 13.7. The monoisotopic (exact) mass is 237 g/mol. The van der Waals surface area contributed by atoms with Crippen molar-refractivity contribution in [2.24, 2.45) is 0 Å². The fourth-order valence-electron chi connectivity index (χ4n) is 2.31. The lowest BCUT2D eigenvalue weighted by Crippen LogP contribution is -2.09. The van der Waals surface area contributed by atoms with Gasteiger partial charge in [0.1, 0.15) is 0 Å². The second-order valence-electron chi connectivity index (χ2n) is 4.04. The van der Waals surface area contributed by atoms with Gasteiger partial charge in [0.2, 0.25) is 0 Å². The molecular weight excluding hydrogens is 229 g/mol. The number of fused-ring (bicyclic) bond motifs is 3. The van der Waals surface area contributed by atoms with Crippen LogP contribution in [0.2, 0.25) is 5.02 Å². The van der Waals surface area contributed by atoms with Crippen LogP contribution in [0.5, 0.6) is 0 Å². The molecule has 0 spiro atoms. The SMILES string of the molecule is O=C1CCCc2c1[nH]c1c(F)c(Cl)ccc21. The molecule has 0 amide bonds. The minimum absolute atomic E-state index is 0.0629. The smallest absolute Gasteiger partial charge is 0.179 e. The Kier molecular flexibility index (Phi) is 2.04. The third-order valence-electron chi connectivity index (χ3n) is 3.08. The Hall–Kier alpha value is -1.35. The molecule has 1 aromatic heterocycles. The van der Waals surface area contributed by atoms with E-state index >= 15 is 0 Å². The van der Waals surface area contributed by atoms with Crippen molar-refractivity contribution in [1.82, 2.24) is 4.98 Å². The third-order valence-corrected chi connectivity index (χ3v) is 3.37. The zero-order valence-electron chi connectivity index (χ0n) is 8.44. The quantitative estimate of drug-likeness (QED) is 0.748. The van der Waals surface area contributed by atoms with Gasteiger partial charge in [0.15, 0.2) is 11.6 Å². The van der Waals surface area contributed by atoms with Crippen LogP contribution in [0.1, 0.15) is 28.9 Å². The number of aromatic nitrogens is 1. The molecule has 16 heavy (non-hydrogen) atoms. The van der Waals surface area contributed by atoms with Crippen LogP contribution in [0.15, 0.2) is 12.1 Å². The van der Waals surface area contributed by atoms with E-state index < -0.39 is 5.82 Å². The van der Waals surface area contributed by atoms with E-state index in [1.807, 2.05) is 0 Å². The first-order valence-corrected chi connectivity index (χ1v) is 5.58. The van der Waals surface area contributed by atoms with Gasteiger partial charge in [-0.05, 0) is 24.5 Å². The zero-order valence-corrected chi connectivity index (χ0v) is 9.20. The van der Waals surface area contributed by atoms with Gasteiger partial charge < -0.3 is 4.98 Å². The molecule has 1 aliphatic rings. The first-order valence-electron chi connectivity index (χ1n) is 5.20. The molecule has 0 aliphatic heterocycles. The maximum absolute atomic E-state index is 13.7. The molecule has 1 aliphatic carbocycles. The van der Waals surface area contributed by atoms with E-state index in [0.717, 1.165) is 23.8 Å². The number of carbonyl (C=O) groups is 1. The Balaban J connectivity index is 2.40. The van der Waals surface area contributed by atoms with Gasteiger partial charge in [-0.25, -0.2) is 4.39 Å². The summed E-state index contributed by atoms with van der Waals surface area (Å²) in [5.74, 6) is -0.408. The molecule has 0 saturated carbocycles. The molecule has 3 rings (SSSR count). The van der Waals surface area contributed by atoms with Crippen molar-refractivity contribution in [3.63, 3.8) is 0 Å². The summed E-state index contributed by atoms with van der Waals surface area (Å²) in [7, 11) is 0. The number of hydrogen-bond acceptors (Lipinski definition) is 1. The molecule has 1 aromatic carbocycles. The lowest BCUT2D eigenvalue weighted by Gasteiger charge is -2.09. The molecule has 2 aromatic rings. The summed E-state index contributed by atoms with van der Waals surface area (Å²) in [6.07, 6.45) is 2.19. The highest BCUT2D eigenvalue weighted by atomic mass is 35.5. The molecule has 1 N–H and O–H groups in total. The van der Waals surface area contributed by atoms with E-state index in [1.54, 1.807) is 6.07 Å². The second-order valence-corrected chi connectivity index (χ2v) is 4.45. The highest BCUT2D eigenvalue weighted by Gasteiger charge is 2.23. The predicted molar refractivity (Wildman–Crippen MR) is 60.5 cm³/mol. The molecule has 0 atom stereocenters. The molecule has 1 heterocycles. The number of ketones is 1. The Morgan fingerprint density at radius 1 is 1.31 bits per heavy atom. The Bertz CT molecular complexity index is 603. The van der Waals surface area contributed by atoms with Gasteiger partial charge in [0.25, 0.3) is 0 Å². The second kappa shape index (κ2) is 3.32. The van der Waals surface area contributed by atoms with Crippen LogP contribution in [0, 0.1) is 5.82 Å². The number of hydrogen-bond donors (Lipinski definition) is 1. The van der Waals surface area contributed by atoms with Crippen LogP contribution in [0.25, 0.3) is 10.9 Å². The van der Waals surface area contributed by atoms with Crippen molar-refractivity contribution in [3.05, 3.63) is 34.2 Å². The van der Waals surface area contributed by atoms with E-state index in [9.17, 15) is 9.18 Å². The third kappa shape index (κ3) is 1.21. The van der Waals surface area contributed by atoms with Gasteiger partial charge in [-0.3, -0.25) is 4.79 Å². The van der Waals surface area contributed by atoms with E-state index in [-0.39, 0.29) is 10.8 Å². The average molecular weight is 238 g/mol. The fraction of sp³-hybridized carbons (Fsp3) is 0.250. The predicted octanol–water partition coefficient (Wildman–Crippen LogP) is 3.48. The lowest BCUT2D eigenvalue weighted by atomic mass is 9.95. The number of aromatic amines is 1. The van der Waals surface area contributed by atoms with Gasteiger partial charge in [-0.15, -0.1) is 0 Å². The van der Waals surface area contributed by atoms with Crippen molar-refractivity contribution in [1.29, 1.82) is 0 Å². The summed E-state index contributed by atoms with van der Waals surface area (Å²) in [5, 5.41) is 0.864. The maximum Gasteiger partial charge on any atom is 0.179 e. The standard InChI is InChI=1S/C12H9ClFNO/c13-8-5-4-7-6-2-1-3-9(16)11(6)15-12(7)10(8)14/h4-5,15H,1-3H2. The number of benzene rings is 1. The number of aryl methyl sites for hydroxylation is 1. The van der Waals surface area contributed by atoms with Crippen LogP contribution >= 0.6 is 11.6 Å². The van der Waals surface area contributed by atoms with Crippen molar-refractivity contribution in [2.75, 3.05) is 0 Å². The highest BCUT2D eigenvalue weighted by Crippen LogP contribution is 2.32. The molecule has 0 unspecified atom stereocenters. The molecule has 0 saturated heterocycles. The number of rotatable bonds is 0. The number of nitrogens with one attached hydrogen (secondary N) is 1. The summed E-state index contributed by atoms with van der Waals surface area (Å²) in [4.78, 5) is 14.5.